The summed E-state index contributed by atoms with van der Waals surface area (Å²) in [5.74, 6) is -4.19. The van der Waals surface area contributed by atoms with E-state index in [9.17, 15) is 13.6 Å². The Morgan fingerprint density at radius 1 is 1.32 bits per heavy atom. The lowest BCUT2D eigenvalue weighted by molar-refractivity contribution is -0.143. The summed E-state index contributed by atoms with van der Waals surface area (Å²) in [6.45, 7) is 2.83. The van der Waals surface area contributed by atoms with Gasteiger partial charge in [0.1, 0.15) is 0 Å². The maximum atomic E-state index is 14.1. The molecule has 1 aromatic carbocycles. The lowest BCUT2D eigenvalue weighted by Gasteiger charge is -2.40. The number of rotatable bonds is 2. The summed E-state index contributed by atoms with van der Waals surface area (Å²) in [5.41, 5.74) is 9.48. The first-order valence-electron chi connectivity index (χ1n) is 9.84. The number of aromatic amines is 1. The molecule has 2 aliphatic rings. The van der Waals surface area contributed by atoms with Crippen LogP contribution in [-0.4, -0.2) is 48.5 Å². The summed E-state index contributed by atoms with van der Waals surface area (Å²) in [4.78, 5) is 18.2. The summed E-state index contributed by atoms with van der Waals surface area (Å²) in [6.07, 6.45) is 1.61. The minimum atomic E-state index is -2.72. The van der Waals surface area contributed by atoms with Crippen molar-refractivity contribution < 1.29 is 18.3 Å². The molecule has 4 atom stereocenters. The van der Waals surface area contributed by atoms with Crippen LogP contribution in [0, 0.1) is 11.8 Å². The third-order valence-corrected chi connectivity index (χ3v) is 6.37. The molecule has 2 aliphatic heterocycles. The number of aromatic nitrogens is 1. The molecular formula is C21H27F2N3O2. The number of esters is 1. The normalized spacial score (nSPS) is 28.1. The fraction of sp³-hybridized carbons (Fsp3) is 0.571. The van der Waals surface area contributed by atoms with Crippen LogP contribution in [0.15, 0.2) is 18.2 Å². The first-order chi connectivity index (χ1) is 13.3. The summed E-state index contributed by atoms with van der Waals surface area (Å²) >= 11 is 0. The van der Waals surface area contributed by atoms with Crippen LogP contribution in [-0.2, 0) is 16.0 Å². The van der Waals surface area contributed by atoms with Crippen LogP contribution in [0.1, 0.15) is 36.9 Å². The van der Waals surface area contributed by atoms with Crippen LogP contribution in [0.2, 0.25) is 0 Å². The fourth-order valence-corrected chi connectivity index (χ4v) is 4.95. The first-order valence-corrected chi connectivity index (χ1v) is 9.84. The number of H-pyrrole nitrogens is 1. The van der Waals surface area contributed by atoms with Crippen molar-refractivity contribution in [3.8, 4) is 0 Å². The van der Waals surface area contributed by atoms with Crippen molar-refractivity contribution in [2.45, 2.75) is 38.0 Å². The minimum absolute atomic E-state index is 0.0242. The molecule has 0 radical (unpaired) electrons. The van der Waals surface area contributed by atoms with Gasteiger partial charge in [-0.3, -0.25) is 4.79 Å². The van der Waals surface area contributed by atoms with Crippen molar-refractivity contribution in [2.24, 2.45) is 11.8 Å². The largest absolute Gasteiger partial charge is 0.469 e. The number of halogens is 2. The molecule has 0 aliphatic carbocycles. The second-order valence-corrected chi connectivity index (χ2v) is 8.40. The average molecular weight is 391 g/mol. The quantitative estimate of drug-likeness (QED) is 0.607. The standard InChI is InChI=1S/C21H27F2N3O2/c1-21(22,23)13-7-12-8-17(20(27)28-2)19-15(5-6-26(10-12)11-13)16-9-14(24)3-4-18(16)25-19/h3-4,9,12-13,17,25H,5-8,10-11,24H2,1-2H3/t12-,13?,17-/m1/s1. The van der Waals surface area contributed by atoms with Gasteiger partial charge in [0.15, 0.2) is 0 Å². The molecule has 3 N–H and O–H groups in total. The molecule has 5 nitrogen and oxygen atoms in total. The van der Waals surface area contributed by atoms with Crippen molar-refractivity contribution in [1.29, 1.82) is 0 Å². The highest BCUT2D eigenvalue weighted by Crippen LogP contribution is 2.41. The number of anilines is 1. The Balaban J connectivity index is 1.78. The van der Waals surface area contributed by atoms with E-state index in [1.807, 2.05) is 18.2 Å². The van der Waals surface area contributed by atoms with Gasteiger partial charge >= 0.3 is 5.97 Å². The molecule has 1 saturated heterocycles. The molecule has 0 saturated carbocycles. The second-order valence-electron chi connectivity index (χ2n) is 8.40. The number of nitrogens with two attached hydrogens (primary N) is 1. The number of benzene rings is 1. The Hall–Kier alpha value is -2.15. The van der Waals surface area contributed by atoms with Gasteiger partial charge in [0.2, 0.25) is 5.92 Å². The zero-order valence-electron chi connectivity index (χ0n) is 16.3. The predicted molar refractivity (Wildman–Crippen MR) is 104 cm³/mol. The van der Waals surface area contributed by atoms with Gasteiger partial charge in [-0.1, -0.05) is 0 Å². The molecular weight excluding hydrogens is 364 g/mol. The highest BCUT2D eigenvalue weighted by Gasteiger charge is 2.42. The Morgan fingerprint density at radius 2 is 2.11 bits per heavy atom. The Bertz CT molecular complexity index is 890. The molecule has 1 fully saturated rings. The van der Waals surface area contributed by atoms with E-state index in [1.54, 1.807) is 0 Å². The summed E-state index contributed by atoms with van der Waals surface area (Å²) in [6, 6.07) is 5.67. The molecule has 2 aromatic rings. The van der Waals surface area contributed by atoms with Crippen LogP contribution < -0.4 is 5.73 Å². The van der Waals surface area contributed by atoms with E-state index in [2.05, 4.69) is 9.88 Å². The molecule has 4 rings (SSSR count). The van der Waals surface area contributed by atoms with Gasteiger partial charge in [-0.15, -0.1) is 0 Å². The number of methoxy groups -OCH3 is 1. The fourth-order valence-electron chi connectivity index (χ4n) is 4.95. The van der Waals surface area contributed by atoms with E-state index in [0.29, 0.717) is 38.0 Å². The monoisotopic (exact) mass is 391 g/mol. The zero-order valence-corrected chi connectivity index (χ0v) is 16.3. The van der Waals surface area contributed by atoms with Gasteiger partial charge in [0.25, 0.3) is 0 Å². The number of ether oxygens (including phenoxy) is 1. The number of hydrogen-bond acceptors (Lipinski definition) is 4. The van der Waals surface area contributed by atoms with Crippen LogP contribution in [0.4, 0.5) is 14.5 Å². The van der Waals surface area contributed by atoms with Gasteiger partial charge in [-0.05, 0) is 55.9 Å². The van der Waals surface area contributed by atoms with Crippen LogP contribution in [0.3, 0.4) is 0 Å². The smallest absolute Gasteiger partial charge is 0.314 e. The maximum Gasteiger partial charge on any atom is 0.314 e. The van der Waals surface area contributed by atoms with Gasteiger partial charge < -0.3 is 20.4 Å². The third kappa shape index (κ3) is 3.48. The molecule has 1 aromatic heterocycles. The highest BCUT2D eigenvalue weighted by molar-refractivity contribution is 5.90. The van der Waals surface area contributed by atoms with E-state index >= 15 is 0 Å². The molecule has 152 valence electrons. The van der Waals surface area contributed by atoms with Crippen LogP contribution in [0.5, 0.6) is 0 Å². The lowest BCUT2D eigenvalue weighted by atomic mass is 9.80. The van der Waals surface area contributed by atoms with Gasteiger partial charge in [0, 0.05) is 47.8 Å². The lowest BCUT2D eigenvalue weighted by Crippen LogP contribution is -2.46. The number of nitrogens with zero attached hydrogens (tertiary/aromatic N) is 1. The number of carbonyl (C=O) groups is 1. The molecule has 28 heavy (non-hydrogen) atoms. The summed E-state index contributed by atoms with van der Waals surface area (Å²) in [5, 5.41) is 0.999. The summed E-state index contributed by atoms with van der Waals surface area (Å²) in [7, 11) is 1.38. The molecule has 0 amide bonds. The van der Waals surface area contributed by atoms with Crippen LogP contribution >= 0.6 is 0 Å². The van der Waals surface area contributed by atoms with Crippen molar-refractivity contribution in [3.05, 3.63) is 29.5 Å². The second kappa shape index (κ2) is 7.03. The Morgan fingerprint density at radius 3 is 2.82 bits per heavy atom. The van der Waals surface area contributed by atoms with E-state index in [-0.39, 0.29) is 11.9 Å². The Kier molecular flexibility index (Phi) is 4.81. The van der Waals surface area contributed by atoms with Gasteiger partial charge in [-0.2, -0.15) is 0 Å². The van der Waals surface area contributed by atoms with Gasteiger partial charge in [0.05, 0.1) is 13.0 Å². The first kappa shape index (κ1) is 19.2. The molecule has 3 heterocycles. The van der Waals surface area contributed by atoms with Crippen molar-refractivity contribution in [1.82, 2.24) is 9.88 Å². The number of hydrogen-bond donors (Lipinski definition) is 2. The Labute approximate surface area is 163 Å². The number of nitrogen functional groups attached to an aromatic ring is 1. The predicted octanol–water partition coefficient (Wildman–Crippen LogP) is 3.55. The van der Waals surface area contributed by atoms with Crippen LogP contribution in [0.25, 0.3) is 10.9 Å². The summed E-state index contributed by atoms with van der Waals surface area (Å²) < 4.78 is 33.3. The molecule has 2 bridgehead atoms. The number of piperidine rings is 1. The number of nitrogens with one attached hydrogen (secondary N) is 1. The third-order valence-electron chi connectivity index (χ3n) is 6.37. The molecule has 0 spiro atoms. The van der Waals surface area contributed by atoms with E-state index < -0.39 is 17.8 Å². The topological polar surface area (TPSA) is 71.3 Å². The maximum absolute atomic E-state index is 14.1. The van der Waals surface area contributed by atoms with E-state index in [1.165, 1.54) is 7.11 Å². The molecule has 7 heteroatoms. The number of carbonyl (C=O) groups excluding carboxylic acids is 1. The van der Waals surface area contributed by atoms with Crippen molar-refractivity contribution in [3.63, 3.8) is 0 Å². The highest BCUT2D eigenvalue weighted by atomic mass is 19.3. The van der Waals surface area contributed by atoms with E-state index in [4.69, 9.17) is 10.5 Å². The SMILES string of the molecule is COC(=O)[C@@H]1C[C@H]2CC(C(C)(F)F)CN(CCc3c1[nH]c1ccc(N)cc31)C2. The van der Waals surface area contributed by atoms with Gasteiger partial charge in [-0.25, -0.2) is 8.78 Å². The zero-order chi connectivity index (χ0) is 20.1. The molecule has 2 unspecified atom stereocenters. The van der Waals surface area contributed by atoms with E-state index in [0.717, 1.165) is 35.6 Å². The average Bonchev–Trinajstić information content (AvgIpc) is 3.01. The van der Waals surface area contributed by atoms with Crippen molar-refractivity contribution >= 4 is 22.6 Å². The number of alkyl halides is 2. The van der Waals surface area contributed by atoms with Crippen molar-refractivity contribution in [2.75, 3.05) is 32.5 Å². The number of fused-ring (bicyclic) bond motifs is 5. The minimum Gasteiger partial charge on any atom is -0.469 e.